The van der Waals surface area contributed by atoms with Crippen LogP contribution in [0.2, 0.25) is 0 Å². The van der Waals surface area contributed by atoms with Crippen LogP contribution in [-0.4, -0.2) is 42.0 Å². The average Bonchev–Trinajstić information content (AvgIpc) is 2.86. The summed E-state index contributed by atoms with van der Waals surface area (Å²) in [6.45, 7) is 6.49. The summed E-state index contributed by atoms with van der Waals surface area (Å²) in [4.78, 5) is 33.9. The number of ether oxygens (including phenoxy) is 1. The molecule has 25 heavy (non-hydrogen) atoms. The molecule has 134 valence electrons. The first kappa shape index (κ1) is 18.9. The molecule has 0 aliphatic rings. The first-order valence-corrected chi connectivity index (χ1v) is 8.73. The smallest absolute Gasteiger partial charge is 0.330 e. The van der Waals surface area contributed by atoms with Gasteiger partial charge in [-0.3, -0.25) is 4.79 Å². The van der Waals surface area contributed by atoms with E-state index in [1.807, 2.05) is 13.8 Å². The van der Waals surface area contributed by atoms with Crippen LogP contribution in [0.3, 0.4) is 0 Å². The van der Waals surface area contributed by atoms with E-state index in [-0.39, 0.29) is 12.5 Å². The molecule has 0 saturated carbocycles. The minimum Gasteiger partial charge on any atom is -0.466 e. The van der Waals surface area contributed by atoms with Crippen LogP contribution in [-0.2, 0) is 14.3 Å². The van der Waals surface area contributed by atoms with Crippen molar-refractivity contribution in [1.29, 1.82) is 0 Å². The van der Waals surface area contributed by atoms with Gasteiger partial charge in [-0.2, -0.15) is 0 Å². The molecule has 0 radical (unpaired) electrons. The molecular formula is C17H22N4O3S. The lowest BCUT2D eigenvalue weighted by molar-refractivity contribution is -0.134. The standard InChI is InChI=1S/C17H22N4O3S/c1-10-11(2)25-17-15(10)16(20-12(3)21-17)19-9-13(22)18-8-6-5-7-14(23)24-4/h5,7H,6,8-9H2,1-4H3,(H,18,22)(H,19,20,21)/b7-5+. The number of aromatic nitrogens is 2. The van der Waals surface area contributed by atoms with Gasteiger partial charge < -0.3 is 15.4 Å². The Hall–Kier alpha value is -2.48. The van der Waals surface area contributed by atoms with Gasteiger partial charge in [-0.25, -0.2) is 14.8 Å². The molecule has 0 atom stereocenters. The van der Waals surface area contributed by atoms with E-state index in [1.165, 1.54) is 18.1 Å². The van der Waals surface area contributed by atoms with Crippen LogP contribution in [0.1, 0.15) is 22.7 Å². The molecule has 2 rings (SSSR count). The number of anilines is 1. The van der Waals surface area contributed by atoms with Crippen LogP contribution in [0.5, 0.6) is 0 Å². The number of carbonyl (C=O) groups is 2. The monoisotopic (exact) mass is 362 g/mol. The number of nitrogens with one attached hydrogen (secondary N) is 2. The highest BCUT2D eigenvalue weighted by molar-refractivity contribution is 7.18. The summed E-state index contributed by atoms with van der Waals surface area (Å²) in [6.07, 6.45) is 3.56. The van der Waals surface area contributed by atoms with E-state index in [2.05, 4.69) is 32.3 Å². The normalized spacial score (nSPS) is 11.0. The van der Waals surface area contributed by atoms with Gasteiger partial charge in [0.1, 0.15) is 16.5 Å². The van der Waals surface area contributed by atoms with Gasteiger partial charge in [-0.05, 0) is 32.8 Å². The number of rotatable bonds is 7. The first-order chi connectivity index (χ1) is 11.9. The van der Waals surface area contributed by atoms with Gasteiger partial charge in [-0.15, -0.1) is 11.3 Å². The molecule has 2 N–H and O–H groups in total. The first-order valence-electron chi connectivity index (χ1n) is 7.91. The Morgan fingerprint density at radius 1 is 1.24 bits per heavy atom. The minimum atomic E-state index is -0.405. The lowest BCUT2D eigenvalue weighted by atomic mass is 10.2. The van der Waals surface area contributed by atoms with E-state index in [0.29, 0.717) is 24.6 Å². The predicted molar refractivity (Wildman–Crippen MR) is 98.9 cm³/mol. The van der Waals surface area contributed by atoms with E-state index in [4.69, 9.17) is 0 Å². The fourth-order valence-corrected chi connectivity index (χ4v) is 3.33. The second-order valence-corrected chi connectivity index (χ2v) is 6.70. The van der Waals surface area contributed by atoms with Crippen molar-refractivity contribution in [2.45, 2.75) is 27.2 Å². The van der Waals surface area contributed by atoms with Crippen LogP contribution in [0, 0.1) is 20.8 Å². The van der Waals surface area contributed by atoms with Gasteiger partial charge in [0, 0.05) is 17.5 Å². The topological polar surface area (TPSA) is 93.2 Å². The lowest BCUT2D eigenvalue weighted by Gasteiger charge is -2.09. The van der Waals surface area contributed by atoms with Crippen LogP contribution in [0.4, 0.5) is 5.82 Å². The number of carbonyl (C=O) groups excluding carboxylic acids is 2. The van der Waals surface area contributed by atoms with Crippen molar-refractivity contribution in [2.75, 3.05) is 25.5 Å². The quantitative estimate of drug-likeness (QED) is 0.446. The van der Waals surface area contributed by atoms with Crippen LogP contribution in [0.25, 0.3) is 10.2 Å². The average molecular weight is 362 g/mol. The number of esters is 1. The Bertz CT molecular complexity index is 814. The fourth-order valence-electron chi connectivity index (χ4n) is 2.25. The molecule has 2 aromatic rings. The summed E-state index contributed by atoms with van der Waals surface area (Å²) in [7, 11) is 1.32. The van der Waals surface area contributed by atoms with Crippen molar-refractivity contribution < 1.29 is 14.3 Å². The van der Waals surface area contributed by atoms with Crippen molar-refractivity contribution >= 4 is 39.2 Å². The Morgan fingerprint density at radius 2 is 2.00 bits per heavy atom. The molecule has 2 aromatic heterocycles. The molecule has 0 fully saturated rings. The van der Waals surface area contributed by atoms with Gasteiger partial charge in [0.2, 0.25) is 5.91 Å². The maximum absolute atomic E-state index is 12.0. The number of thiophene rings is 1. The summed E-state index contributed by atoms with van der Waals surface area (Å²) < 4.78 is 4.49. The number of methoxy groups -OCH3 is 1. The third-order valence-corrected chi connectivity index (χ3v) is 4.75. The Balaban J connectivity index is 1.91. The van der Waals surface area contributed by atoms with Crippen LogP contribution >= 0.6 is 11.3 Å². The second-order valence-electron chi connectivity index (χ2n) is 5.50. The maximum atomic E-state index is 12.0. The van der Waals surface area contributed by atoms with E-state index in [1.54, 1.807) is 17.4 Å². The molecule has 0 saturated heterocycles. The number of hydrogen-bond donors (Lipinski definition) is 2. The molecule has 0 bridgehead atoms. The molecule has 2 heterocycles. The van der Waals surface area contributed by atoms with Gasteiger partial charge in [-0.1, -0.05) is 6.08 Å². The lowest BCUT2D eigenvalue weighted by Crippen LogP contribution is -2.30. The summed E-state index contributed by atoms with van der Waals surface area (Å²) >= 11 is 1.63. The highest BCUT2D eigenvalue weighted by Crippen LogP contribution is 2.32. The highest BCUT2D eigenvalue weighted by atomic mass is 32.1. The molecule has 0 spiro atoms. The maximum Gasteiger partial charge on any atom is 0.330 e. The zero-order chi connectivity index (χ0) is 18.4. The molecule has 7 nitrogen and oxygen atoms in total. The van der Waals surface area contributed by atoms with Crippen molar-refractivity contribution in [3.05, 3.63) is 28.4 Å². The fraction of sp³-hybridized carbons (Fsp3) is 0.412. The molecular weight excluding hydrogens is 340 g/mol. The van der Waals surface area contributed by atoms with E-state index in [0.717, 1.165) is 15.8 Å². The molecule has 0 unspecified atom stereocenters. The van der Waals surface area contributed by atoms with Crippen molar-refractivity contribution in [1.82, 2.24) is 15.3 Å². The Labute approximate surface area is 150 Å². The summed E-state index contributed by atoms with van der Waals surface area (Å²) in [5.74, 6) is 0.813. The molecule has 0 aliphatic carbocycles. The number of nitrogens with zero attached hydrogens (tertiary/aromatic N) is 2. The van der Waals surface area contributed by atoms with Crippen molar-refractivity contribution in [3.63, 3.8) is 0 Å². The van der Waals surface area contributed by atoms with E-state index < -0.39 is 5.97 Å². The molecule has 0 aromatic carbocycles. The number of aryl methyl sites for hydroxylation is 3. The summed E-state index contributed by atoms with van der Waals surface area (Å²) in [5, 5.41) is 6.86. The van der Waals surface area contributed by atoms with Crippen molar-refractivity contribution in [3.8, 4) is 0 Å². The van der Waals surface area contributed by atoms with Crippen molar-refractivity contribution in [2.24, 2.45) is 0 Å². The summed E-state index contributed by atoms with van der Waals surface area (Å²) in [5.41, 5.74) is 1.14. The Kier molecular flexibility index (Phi) is 6.46. The largest absolute Gasteiger partial charge is 0.466 e. The molecule has 1 amide bonds. The van der Waals surface area contributed by atoms with E-state index >= 15 is 0 Å². The third-order valence-electron chi connectivity index (χ3n) is 3.65. The van der Waals surface area contributed by atoms with Gasteiger partial charge >= 0.3 is 5.97 Å². The molecule has 0 aliphatic heterocycles. The van der Waals surface area contributed by atoms with Gasteiger partial charge in [0.15, 0.2) is 0 Å². The third kappa shape index (κ3) is 4.99. The number of hydrogen-bond acceptors (Lipinski definition) is 7. The zero-order valence-electron chi connectivity index (χ0n) is 14.8. The zero-order valence-corrected chi connectivity index (χ0v) is 15.6. The number of fused-ring (bicyclic) bond motifs is 1. The second kappa shape index (κ2) is 8.57. The predicted octanol–water partition coefficient (Wildman–Crippen LogP) is 2.26. The Morgan fingerprint density at radius 3 is 2.72 bits per heavy atom. The van der Waals surface area contributed by atoms with Gasteiger partial charge in [0.05, 0.1) is 19.0 Å². The van der Waals surface area contributed by atoms with Crippen LogP contribution in [0.15, 0.2) is 12.2 Å². The summed E-state index contributed by atoms with van der Waals surface area (Å²) in [6, 6.07) is 0. The molecule has 8 heteroatoms. The van der Waals surface area contributed by atoms with E-state index in [9.17, 15) is 9.59 Å². The minimum absolute atomic E-state index is 0.126. The van der Waals surface area contributed by atoms with Gasteiger partial charge in [0.25, 0.3) is 0 Å². The number of amides is 1. The van der Waals surface area contributed by atoms with Crippen LogP contribution < -0.4 is 10.6 Å². The highest BCUT2D eigenvalue weighted by Gasteiger charge is 2.13. The SMILES string of the molecule is COC(=O)/C=C/CCNC(=O)CNc1nc(C)nc2sc(C)c(C)c12.